The Labute approximate surface area is 107 Å². The van der Waals surface area contributed by atoms with Crippen LogP contribution >= 0.6 is 15.9 Å². The van der Waals surface area contributed by atoms with Crippen LogP contribution in [0.2, 0.25) is 0 Å². The maximum Gasteiger partial charge on any atom is 0.272 e. The van der Waals surface area contributed by atoms with Gasteiger partial charge in [-0.2, -0.15) is 4.99 Å². The number of aliphatic imine (C=N–C) groups is 1. The van der Waals surface area contributed by atoms with Gasteiger partial charge in [-0.1, -0.05) is 12.1 Å². The normalized spacial score (nSPS) is 10.2. The first-order valence-electron chi connectivity index (χ1n) is 4.68. The summed E-state index contributed by atoms with van der Waals surface area (Å²) >= 11 is 3.34. The highest BCUT2D eigenvalue weighted by Gasteiger charge is 2.04. The summed E-state index contributed by atoms with van der Waals surface area (Å²) in [5, 5.41) is 0. The number of nitrogens with two attached hydrogens (primary N) is 2. The molecule has 0 aliphatic rings. The molecule has 0 heterocycles. The number of hydrogen-bond acceptors (Lipinski definition) is 2. The largest absolute Gasteiger partial charge is 0.495 e. The number of halogens is 1. The molecule has 17 heavy (non-hydrogen) atoms. The standard InChI is InChI=1S/C11H12BrN3O2/c1-17-10-7(3-2-4-8(10)12)5-6-9(16)15-11(13)14/h2-6H,1H3,(H4,13,14,15,16)/b6-5+. The number of para-hydroxylation sites is 1. The van der Waals surface area contributed by atoms with Gasteiger partial charge in [0.15, 0.2) is 5.96 Å². The molecule has 0 fully saturated rings. The topological polar surface area (TPSA) is 90.7 Å². The first kappa shape index (κ1) is 13.2. The van der Waals surface area contributed by atoms with Crippen molar-refractivity contribution in [3.8, 4) is 5.75 Å². The highest BCUT2D eigenvalue weighted by molar-refractivity contribution is 9.10. The van der Waals surface area contributed by atoms with Crippen LogP contribution in [0.15, 0.2) is 33.7 Å². The molecular formula is C11H12BrN3O2. The lowest BCUT2D eigenvalue weighted by Crippen LogP contribution is -2.23. The number of amides is 1. The van der Waals surface area contributed by atoms with Gasteiger partial charge < -0.3 is 16.2 Å². The highest BCUT2D eigenvalue weighted by atomic mass is 79.9. The fraction of sp³-hybridized carbons (Fsp3) is 0.0909. The maximum absolute atomic E-state index is 11.2. The third kappa shape index (κ3) is 3.92. The minimum Gasteiger partial charge on any atom is -0.495 e. The van der Waals surface area contributed by atoms with Gasteiger partial charge in [-0.3, -0.25) is 4.79 Å². The average Bonchev–Trinajstić information content (AvgIpc) is 2.25. The van der Waals surface area contributed by atoms with E-state index in [1.807, 2.05) is 18.2 Å². The third-order valence-electron chi connectivity index (χ3n) is 1.85. The first-order valence-corrected chi connectivity index (χ1v) is 5.48. The number of carbonyl (C=O) groups is 1. The van der Waals surface area contributed by atoms with E-state index in [1.54, 1.807) is 13.2 Å². The van der Waals surface area contributed by atoms with E-state index in [9.17, 15) is 4.79 Å². The fourth-order valence-corrected chi connectivity index (χ4v) is 1.74. The Hall–Kier alpha value is -1.82. The Morgan fingerprint density at radius 1 is 1.47 bits per heavy atom. The zero-order valence-electron chi connectivity index (χ0n) is 9.18. The predicted molar refractivity (Wildman–Crippen MR) is 70.5 cm³/mol. The van der Waals surface area contributed by atoms with Crippen molar-refractivity contribution in [1.29, 1.82) is 0 Å². The van der Waals surface area contributed by atoms with Gasteiger partial charge in [-0.15, -0.1) is 0 Å². The highest BCUT2D eigenvalue weighted by Crippen LogP contribution is 2.29. The van der Waals surface area contributed by atoms with E-state index in [0.29, 0.717) is 5.75 Å². The van der Waals surface area contributed by atoms with E-state index < -0.39 is 5.91 Å². The van der Waals surface area contributed by atoms with E-state index in [1.165, 1.54) is 6.08 Å². The molecule has 1 rings (SSSR count). The Morgan fingerprint density at radius 3 is 2.76 bits per heavy atom. The molecule has 0 atom stereocenters. The van der Waals surface area contributed by atoms with E-state index in [-0.39, 0.29) is 5.96 Å². The van der Waals surface area contributed by atoms with Crippen molar-refractivity contribution >= 4 is 33.9 Å². The van der Waals surface area contributed by atoms with Gasteiger partial charge >= 0.3 is 0 Å². The van der Waals surface area contributed by atoms with Crippen LogP contribution in [-0.4, -0.2) is 19.0 Å². The smallest absolute Gasteiger partial charge is 0.272 e. The van der Waals surface area contributed by atoms with Crippen molar-refractivity contribution in [2.75, 3.05) is 7.11 Å². The molecule has 0 unspecified atom stereocenters. The van der Waals surface area contributed by atoms with Crippen molar-refractivity contribution in [3.05, 3.63) is 34.3 Å². The average molecular weight is 298 g/mol. The Balaban J connectivity index is 2.96. The minimum absolute atomic E-state index is 0.263. The molecule has 0 spiro atoms. The summed E-state index contributed by atoms with van der Waals surface area (Å²) in [5.41, 5.74) is 10.9. The molecule has 0 aromatic heterocycles. The van der Waals surface area contributed by atoms with Gasteiger partial charge in [0.2, 0.25) is 0 Å². The van der Waals surface area contributed by atoms with Crippen LogP contribution < -0.4 is 16.2 Å². The summed E-state index contributed by atoms with van der Waals surface area (Å²) in [6.07, 6.45) is 2.85. The SMILES string of the molecule is COc1c(Br)cccc1/C=C/C(=O)N=C(N)N. The summed E-state index contributed by atoms with van der Waals surface area (Å²) < 4.78 is 6.00. The van der Waals surface area contributed by atoms with Gasteiger partial charge in [-0.05, 0) is 28.1 Å². The summed E-state index contributed by atoms with van der Waals surface area (Å²) in [6, 6.07) is 5.48. The van der Waals surface area contributed by atoms with Crippen LogP contribution in [0.1, 0.15) is 5.56 Å². The Bertz CT molecular complexity index is 480. The lowest BCUT2D eigenvalue weighted by Gasteiger charge is -2.06. The van der Waals surface area contributed by atoms with Crippen LogP contribution in [0.3, 0.4) is 0 Å². The second-order valence-corrected chi connectivity index (χ2v) is 3.92. The van der Waals surface area contributed by atoms with Crippen LogP contribution in [0.4, 0.5) is 0 Å². The fourth-order valence-electron chi connectivity index (χ4n) is 1.20. The van der Waals surface area contributed by atoms with Gasteiger partial charge in [0.25, 0.3) is 5.91 Å². The van der Waals surface area contributed by atoms with E-state index in [4.69, 9.17) is 16.2 Å². The van der Waals surface area contributed by atoms with Crippen LogP contribution in [0.25, 0.3) is 6.08 Å². The molecule has 0 saturated carbocycles. The van der Waals surface area contributed by atoms with Crippen LogP contribution in [-0.2, 0) is 4.79 Å². The molecule has 0 aliphatic heterocycles. The van der Waals surface area contributed by atoms with Gasteiger partial charge in [0, 0.05) is 11.6 Å². The number of hydrogen-bond donors (Lipinski definition) is 2. The lowest BCUT2D eigenvalue weighted by molar-refractivity contribution is -0.113. The zero-order chi connectivity index (χ0) is 12.8. The van der Waals surface area contributed by atoms with E-state index >= 15 is 0 Å². The maximum atomic E-state index is 11.2. The molecule has 6 heteroatoms. The van der Waals surface area contributed by atoms with Crippen molar-refractivity contribution in [2.24, 2.45) is 16.5 Å². The number of carbonyl (C=O) groups excluding carboxylic acids is 1. The summed E-state index contributed by atoms with van der Waals surface area (Å²) in [5.74, 6) is -0.144. The van der Waals surface area contributed by atoms with Crippen LogP contribution in [0, 0.1) is 0 Å². The predicted octanol–water partition coefficient (Wildman–Crippen LogP) is 1.27. The van der Waals surface area contributed by atoms with Crippen molar-refractivity contribution in [1.82, 2.24) is 0 Å². The minimum atomic E-state index is -0.521. The number of nitrogens with zero attached hydrogens (tertiary/aromatic N) is 1. The molecule has 1 aromatic carbocycles. The first-order chi connectivity index (χ1) is 8.04. The number of ether oxygens (including phenoxy) is 1. The molecular weight excluding hydrogens is 286 g/mol. The molecule has 1 amide bonds. The molecule has 90 valence electrons. The number of rotatable bonds is 3. The number of methoxy groups -OCH3 is 1. The molecule has 0 bridgehead atoms. The summed E-state index contributed by atoms with van der Waals surface area (Å²) in [4.78, 5) is 14.6. The van der Waals surface area contributed by atoms with Gasteiger partial charge in [-0.25, -0.2) is 0 Å². The van der Waals surface area contributed by atoms with Gasteiger partial charge in [0.1, 0.15) is 5.75 Å². The quantitative estimate of drug-likeness (QED) is 0.499. The zero-order valence-corrected chi connectivity index (χ0v) is 10.8. The lowest BCUT2D eigenvalue weighted by atomic mass is 10.2. The third-order valence-corrected chi connectivity index (χ3v) is 2.47. The monoisotopic (exact) mass is 297 g/mol. The summed E-state index contributed by atoms with van der Waals surface area (Å²) in [7, 11) is 1.55. The number of benzene rings is 1. The van der Waals surface area contributed by atoms with Crippen molar-refractivity contribution in [2.45, 2.75) is 0 Å². The second kappa shape index (κ2) is 6.05. The Morgan fingerprint density at radius 2 is 2.18 bits per heavy atom. The second-order valence-electron chi connectivity index (χ2n) is 3.07. The number of guanidine groups is 1. The van der Waals surface area contributed by atoms with E-state index in [0.717, 1.165) is 10.0 Å². The van der Waals surface area contributed by atoms with Gasteiger partial charge in [0.05, 0.1) is 11.6 Å². The summed E-state index contributed by atoms with van der Waals surface area (Å²) in [6.45, 7) is 0. The molecule has 4 N–H and O–H groups in total. The molecule has 5 nitrogen and oxygen atoms in total. The Kier molecular flexibility index (Phi) is 4.71. The molecule has 0 aliphatic carbocycles. The molecule has 0 radical (unpaired) electrons. The van der Waals surface area contributed by atoms with Crippen molar-refractivity contribution < 1.29 is 9.53 Å². The molecule has 0 saturated heterocycles. The van der Waals surface area contributed by atoms with Crippen molar-refractivity contribution in [3.63, 3.8) is 0 Å². The van der Waals surface area contributed by atoms with E-state index in [2.05, 4.69) is 20.9 Å². The molecule has 1 aromatic rings. The van der Waals surface area contributed by atoms with Crippen LogP contribution in [0.5, 0.6) is 5.75 Å².